The molecule has 0 aliphatic carbocycles. The number of ether oxygens (including phenoxy) is 1. The van der Waals surface area contributed by atoms with Crippen LogP contribution in [0.5, 0.6) is 0 Å². The number of nitrogens with one attached hydrogen (secondary N) is 1. The van der Waals surface area contributed by atoms with Gasteiger partial charge in [-0.2, -0.15) is 0 Å². The zero-order valence-electron chi connectivity index (χ0n) is 11.4. The molecule has 1 aromatic heterocycles. The topological polar surface area (TPSA) is 38.3 Å². The molecule has 0 fully saturated rings. The molecule has 0 bridgehead atoms. The molecule has 106 valence electrons. The third kappa shape index (κ3) is 3.20. The number of methoxy groups -OCH3 is 1. The second-order valence-electron chi connectivity index (χ2n) is 4.56. The van der Waals surface area contributed by atoms with Crippen molar-refractivity contribution in [3.63, 3.8) is 0 Å². The fourth-order valence-electron chi connectivity index (χ4n) is 1.97. The molecule has 20 heavy (non-hydrogen) atoms. The Morgan fingerprint density at radius 3 is 2.80 bits per heavy atom. The quantitative estimate of drug-likeness (QED) is 0.858. The predicted molar refractivity (Wildman–Crippen MR) is 82.0 cm³/mol. The lowest BCUT2D eigenvalue weighted by molar-refractivity contribution is -0.148. The predicted octanol–water partition coefficient (Wildman–Crippen LogP) is 3.58. The van der Waals surface area contributed by atoms with Gasteiger partial charge in [0.1, 0.15) is 5.54 Å². The van der Waals surface area contributed by atoms with Crippen molar-refractivity contribution in [2.24, 2.45) is 0 Å². The number of halogens is 1. The Bertz CT molecular complexity index is 585. The molecule has 1 atom stereocenters. The monoisotopic (exact) mass is 309 g/mol. The van der Waals surface area contributed by atoms with Crippen molar-refractivity contribution in [1.82, 2.24) is 5.32 Å². The van der Waals surface area contributed by atoms with Crippen LogP contribution in [0.3, 0.4) is 0 Å². The third-order valence-corrected chi connectivity index (χ3v) is 4.30. The van der Waals surface area contributed by atoms with E-state index in [4.69, 9.17) is 16.3 Å². The summed E-state index contributed by atoms with van der Waals surface area (Å²) in [5, 5.41) is 5.87. The van der Waals surface area contributed by atoms with Crippen LogP contribution >= 0.6 is 22.9 Å². The average Bonchev–Trinajstić information content (AvgIpc) is 2.97. The first-order valence-electron chi connectivity index (χ1n) is 6.18. The van der Waals surface area contributed by atoms with E-state index in [9.17, 15) is 4.79 Å². The number of benzene rings is 1. The molecule has 0 aliphatic rings. The van der Waals surface area contributed by atoms with Crippen molar-refractivity contribution < 1.29 is 9.53 Å². The van der Waals surface area contributed by atoms with Crippen LogP contribution in [0, 0.1) is 0 Å². The number of carbonyl (C=O) groups is 1. The van der Waals surface area contributed by atoms with Gasteiger partial charge in [0.15, 0.2) is 0 Å². The maximum atomic E-state index is 12.2. The van der Waals surface area contributed by atoms with Gasteiger partial charge in [0.05, 0.1) is 7.11 Å². The second kappa shape index (κ2) is 6.39. The summed E-state index contributed by atoms with van der Waals surface area (Å²) < 4.78 is 4.94. The van der Waals surface area contributed by atoms with E-state index in [2.05, 4.69) is 5.32 Å². The summed E-state index contributed by atoms with van der Waals surface area (Å²) in [5.74, 6) is -0.337. The number of thiophene rings is 1. The summed E-state index contributed by atoms with van der Waals surface area (Å²) in [6, 6.07) is 11.3. The molecule has 1 unspecified atom stereocenters. The molecule has 0 aliphatic heterocycles. The van der Waals surface area contributed by atoms with Crippen molar-refractivity contribution in [3.05, 3.63) is 57.2 Å². The Labute approximate surface area is 127 Å². The first-order valence-corrected chi connectivity index (χ1v) is 7.44. The normalized spacial score (nSPS) is 13.8. The van der Waals surface area contributed by atoms with E-state index in [1.807, 2.05) is 29.6 Å². The Hall–Kier alpha value is -1.36. The summed E-state index contributed by atoms with van der Waals surface area (Å²) in [7, 11) is 1.39. The summed E-state index contributed by atoms with van der Waals surface area (Å²) in [6.07, 6.45) is 0. The van der Waals surface area contributed by atoms with E-state index in [0.29, 0.717) is 11.6 Å². The van der Waals surface area contributed by atoms with Gasteiger partial charge in [-0.15, -0.1) is 11.3 Å². The molecule has 2 rings (SSSR count). The Morgan fingerprint density at radius 2 is 2.20 bits per heavy atom. The molecule has 3 nitrogen and oxygen atoms in total. The molecular weight excluding hydrogens is 294 g/mol. The number of hydrogen-bond donors (Lipinski definition) is 1. The molecule has 1 aromatic carbocycles. The van der Waals surface area contributed by atoms with Gasteiger partial charge in [0.25, 0.3) is 0 Å². The minimum absolute atomic E-state index is 0.337. The maximum Gasteiger partial charge on any atom is 0.330 e. The van der Waals surface area contributed by atoms with Gasteiger partial charge >= 0.3 is 5.97 Å². The molecule has 2 aromatic rings. The summed E-state index contributed by atoms with van der Waals surface area (Å²) >= 11 is 7.66. The highest BCUT2D eigenvalue weighted by Crippen LogP contribution is 2.26. The number of hydrogen-bond acceptors (Lipinski definition) is 4. The van der Waals surface area contributed by atoms with Gasteiger partial charge in [-0.3, -0.25) is 5.32 Å². The van der Waals surface area contributed by atoms with Gasteiger partial charge in [-0.05, 0) is 36.1 Å². The zero-order valence-corrected chi connectivity index (χ0v) is 12.9. The molecular formula is C15H16ClNO2S. The van der Waals surface area contributed by atoms with Crippen molar-refractivity contribution >= 4 is 28.9 Å². The van der Waals surface area contributed by atoms with Crippen LogP contribution in [0.25, 0.3) is 0 Å². The van der Waals surface area contributed by atoms with Crippen LogP contribution in [-0.2, 0) is 21.6 Å². The van der Waals surface area contributed by atoms with Crippen molar-refractivity contribution in [1.29, 1.82) is 0 Å². The lowest BCUT2D eigenvalue weighted by atomic mass is 9.92. The van der Waals surface area contributed by atoms with E-state index in [-0.39, 0.29) is 5.97 Å². The summed E-state index contributed by atoms with van der Waals surface area (Å²) in [4.78, 5) is 13.3. The third-order valence-electron chi connectivity index (χ3n) is 3.19. The van der Waals surface area contributed by atoms with Gasteiger partial charge < -0.3 is 4.74 Å². The summed E-state index contributed by atoms with van der Waals surface area (Å²) in [6.45, 7) is 2.40. The maximum absolute atomic E-state index is 12.2. The van der Waals surface area contributed by atoms with Gasteiger partial charge in [0, 0.05) is 16.4 Å². The van der Waals surface area contributed by atoms with Crippen LogP contribution in [0.15, 0.2) is 41.8 Å². The molecule has 0 spiro atoms. The zero-order chi connectivity index (χ0) is 14.6. The molecule has 0 radical (unpaired) electrons. The number of esters is 1. The molecule has 0 saturated carbocycles. The Kier molecular flexibility index (Phi) is 4.81. The first kappa shape index (κ1) is 15.0. The van der Waals surface area contributed by atoms with Crippen LogP contribution in [-0.4, -0.2) is 13.1 Å². The standard InChI is InChI=1S/C15H16ClNO2S/c1-15(14(18)19-2,11-5-3-6-12(16)9-11)17-10-13-7-4-8-20-13/h3-9,17H,10H2,1-2H3. The number of carbonyl (C=O) groups excluding carboxylic acids is 1. The van der Waals surface area contributed by atoms with Crippen molar-refractivity contribution in [3.8, 4) is 0 Å². The van der Waals surface area contributed by atoms with Crippen molar-refractivity contribution in [2.75, 3.05) is 7.11 Å². The van der Waals surface area contributed by atoms with Crippen LogP contribution in [0.1, 0.15) is 17.4 Å². The van der Waals surface area contributed by atoms with Gasteiger partial charge in [-0.1, -0.05) is 29.8 Å². The summed E-state index contributed by atoms with van der Waals surface area (Å²) in [5.41, 5.74) is -0.141. The van der Waals surface area contributed by atoms with Crippen LogP contribution in [0.4, 0.5) is 0 Å². The first-order chi connectivity index (χ1) is 9.56. The van der Waals surface area contributed by atoms with Gasteiger partial charge in [0.2, 0.25) is 0 Å². The highest BCUT2D eigenvalue weighted by molar-refractivity contribution is 7.09. The molecule has 1 N–H and O–H groups in total. The van der Waals surface area contributed by atoms with E-state index in [0.717, 1.165) is 10.4 Å². The lowest BCUT2D eigenvalue weighted by Gasteiger charge is -2.28. The second-order valence-corrected chi connectivity index (χ2v) is 6.03. The van der Waals surface area contributed by atoms with E-state index in [1.165, 1.54) is 7.11 Å². The number of rotatable bonds is 5. The van der Waals surface area contributed by atoms with E-state index < -0.39 is 5.54 Å². The van der Waals surface area contributed by atoms with Crippen LogP contribution < -0.4 is 5.32 Å². The highest BCUT2D eigenvalue weighted by atomic mass is 35.5. The van der Waals surface area contributed by atoms with E-state index in [1.54, 1.807) is 30.4 Å². The van der Waals surface area contributed by atoms with Crippen LogP contribution in [0.2, 0.25) is 5.02 Å². The van der Waals surface area contributed by atoms with E-state index >= 15 is 0 Å². The molecule has 5 heteroatoms. The van der Waals surface area contributed by atoms with Crippen molar-refractivity contribution in [2.45, 2.75) is 19.0 Å². The van der Waals surface area contributed by atoms with Gasteiger partial charge in [-0.25, -0.2) is 4.79 Å². The Balaban J connectivity index is 2.27. The molecule has 0 saturated heterocycles. The fraction of sp³-hybridized carbons (Fsp3) is 0.267. The molecule has 1 heterocycles. The minimum Gasteiger partial charge on any atom is -0.467 e. The smallest absolute Gasteiger partial charge is 0.330 e. The highest BCUT2D eigenvalue weighted by Gasteiger charge is 2.36. The minimum atomic E-state index is -0.927. The Morgan fingerprint density at radius 1 is 1.40 bits per heavy atom. The largest absolute Gasteiger partial charge is 0.467 e. The fourth-order valence-corrected chi connectivity index (χ4v) is 2.81. The molecule has 0 amide bonds. The SMILES string of the molecule is COC(=O)C(C)(NCc1cccs1)c1cccc(Cl)c1. The average molecular weight is 310 g/mol. The lowest BCUT2D eigenvalue weighted by Crippen LogP contribution is -2.46.